The summed E-state index contributed by atoms with van der Waals surface area (Å²) in [6.45, 7) is -0.162. The molecule has 0 bridgehead atoms. The van der Waals surface area contributed by atoms with Gasteiger partial charge in [-0.2, -0.15) is 0 Å². The Bertz CT molecular complexity index is 388. The molecule has 7 heteroatoms. The zero-order valence-electron chi connectivity index (χ0n) is 8.18. The molecule has 1 aliphatic heterocycles. The van der Waals surface area contributed by atoms with Crippen LogP contribution in [0.3, 0.4) is 0 Å². The van der Waals surface area contributed by atoms with Crippen LogP contribution in [-0.4, -0.2) is 46.5 Å². The first-order valence-electron chi connectivity index (χ1n) is 4.66. The number of hydrogen-bond acceptors (Lipinski definition) is 4. The summed E-state index contributed by atoms with van der Waals surface area (Å²) in [5.74, 6) is -0.903. The average molecular weight is 229 g/mol. The van der Waals surface area contributed by atoms with E-state index >= 15 is 0 Å². The lowest BCUT2D eigenvalue weighted by Crippen LogP contribution is -2.22. The maximum absolute atomic E-state index is 12.9. The molecule has 2 heterocycles. The monoisotopic (exact) mass is 229 g/mol. The van der Waals surface area contributed by atoms with Gasteiger partial charge in [-0.15, -0.1) is 0 Å². The molecule has 1 N–H and O–H groups in total. The Morgan fingerprint density at radius 2 is 1.94 bits per heavy atom. The van der Waals surface area contributed by atoms with E-state index in [1.807, 2.05) is 0 Å². The van der Waals surface area contributed by atoms with Gasteiger partial charge in [-0.1, -0.05) is 0 Å². The number of nitrogens with zero attached hydrogens (tertiary/aromatic N) is 3. The van der Waals surface area contributed by atoms with Gasteiger partial charge in [0.1, 0.15) is 5.82 Å². The van der Waals surface area contributed by atoms with E-state index in [0.717, 1.165) is 6.20 Å². The molecule has 0 radical (unpaired) electrons. The Balaban J connectivity index is 2.14. The van der Waals surface area contributed by atoms with Gasteiger partial charge < -0.3 is 10.0 Å². The van der Waals surface area contributed by atoms with Gasteiger partial charge >= 0.3 is 5.97 Å². The molecule has 2 rings (SSSR count). The first kappa shape index (κ1) is 10.7. The molecule has 1 saturated heterocycles. The molecule has 16 heavy (non-hydrogen) atoms. The number of aromatic nitrogens is 2. The summed E-state index contributed by atoms with van der Waals surface area (Å²) in [6, 6.07) is 0. The van der Waals surface area contributed by atoms with Crippen LogP contribution in [0.5, 0.6) is 0 Å². The zero-order chi connectivity index (χ0) is 11.7. The minimum atomic E-state index is -1.53. The van der Waals surface area contributed by atoms with E-state index in [1.54, 1.807) is 0 Å². The van der Waals surface area contributed by atoms with Gasteiger partial charge in [-0.3, -0.25) is 0 Å². The van der Waals surface area contributed by atoms with Crippen LogP contribution in [-0.2, 0) is 0 Å². The molecule has 1 aliphatic rings. The second-order valence-corrected chi connectivity index (χ2v) is 3.50. The van der Waals surface area contributed by atoms with Gasteiger partial charge in [-0.05, 0) is 0 Å². The second-order valence-electron chi connectivity index (χ2n) is 3.50. The Kier molecular flexibility index (Phi) is 2.67. The lowest BCUT2D eigenvalue weighted by Gasteiger charge is -2.14. The van der Waals surface area contributed by atoms with Crippen molar-refractivity contribution in [2.24, 2.45) is 0 Å². The Morgan fingerprint density at radius 1 is 1.31 bits per heavy atom. The van der Waals surface area contributed by atoms with Crippen LogP contribution in [0.1, 0.15) is 10.5 Å². The number of aromatic carboxylic acids is 1. The number of rotatable bonds is 2. The molecule has 5 nitrogen and oxygen atoms in total. The van der Waals surface area contributed by atoms with Crippen LogP contribution in [0.15, 0.2) is 12.4 Å². The molecule has 0 aromatic carbocycles. The lowest BCUT2D eigenvalue weighted by atomic mass is 10.3. The van der Waals surface area contributed by atoms with Gasteiger partial charge in [-0.25, -0.2) is 23.5 Å². The van der Waals surface area contributed by atoms with E-state index in [-0.39, 0.29) is 24.6 Å². The van der Waals surface area contributed by atoms with E-state index in [2.05, 4.69) is 9.97 Å². The summed E-state index contributed by atoms with van der Waals surface area (Å²) < 4.78 is 25.8. The largest absolute Gasteiger partial charge is 0.476 e. The number of hydrogen-bond donors (Lipinski definition) is 1. The SMILES string of the molecule is O=C(O)c1cnc(N2C[C@@H](F)[C@@H](F)C2)cn1. The summed E-state index contributed by atoms with van der Waals surface area (Å²) in [4.78, 5) is 19.3. The predicted octanol–water partition coefficient (Wildman–Crippen LogP) is 0.671. The van der Waals surface area contributed by atoms with Crippen molar-refractivity contribution in [1.82, 2.24) is 9.97 Å². The van der Waals surface area contributed by atoms with Crippen molar-refractivity contribution >= 4 is 11.8 Å². The number of carboxylic acid groups (broad SMARTS) is 1. The molecule has 1 aromatic heterocycles. The number of alkyl halides is 2. The Labute approximate surface area is 89.7 Å². The quantitative estimate of drug-likeness (QED) is 0.807. The molecule has 2 atom stereocenters. The first-order valence-corrected chi connectivity index (χ1v) is 4.66. The topological polar surface area (TPSA) is 66.3 Å². The highest BCUT2D eigenvalue weighted by Gasteiger charge is 2.33. The molecule has 1 fully saturated rings. The van der Waals surface area contributed by atoms with Crippen molar-refractivity contribution in [3.8, 4) is 0 Å². The van der Waals surface area contributed by atoms with E-state index in [0.29, 0.717) is 0 Å². The van der Waals surface area contributed by atoms with E-state index < -0.39 is 18.3 Å². The summed E-state index contributed by atoms with van der Waals surface area (Å²) in [5.41, 5.74) is -0.198. The minimum Gasteiger partial charge on any atom is -0.476 e. The highest BCUT2D eigenvalue weighted by atomic mass is 19.2. The van der Waals surface area contributed by atoms with Gasteiger partial charge in [0, 0.05) is 0 Å². The van der Waals surface area contributed by atoms with Crippen LogP contribution in [0, 0.1) is 0 Å². The third kappa shape index (κ3) is 1.93. The van der Waals surface area contributed by atoms with Crippen molar-refractivity contribution in [2.75, 3.05) is 18.0 Å². The molecule has 0 aliphatic carbocycles. The normalized spacial score (nSPS) is 24.8. The lowest BCUT2D eigenvalue weighted by molar-refractivity contribution is 0.0690. The first-order chi connectivity index (χ1) is 7.58. The fraction of sp³-hybridized carbons (Fsp3) is 0.444. The van der Waals surface area contributed by atoms with E-state index in [4.69, 9.17) is 5.11 Å². The van der Waals surface area contributed by atoms with Crippen LogP contribution in [0.25, 0.3) is 0 Å². The third-order valence-electron chi connectivity index (χ3n) is 2.36. The standard InChI is InChI=1S/C9H9F2N3O2/c10-5-3-14(4-6(5)11)8-2-12-7(1-13-8)9(15)16/h1-2,5-6H,3-4H2,(H,15,16)/t5-,6+. The number of carboxylic acids is 1. The van der Waals surface area contributed by atoms with Gasteiger partial charge in [0.05, 0.1) is 25.5 Å². The van der Waals surface area contributed by atoms with E-state index in [9.17, 15) is 13.6 Å². The summed E-state index contributed by atoms with van der Waals surface area (Å²) in [6.07, 6.45) is -0.785. The van der Waals surface area contributed by atoms with Gasteiger partial charge in [0.15, 0.2) is 18.0 Å². The zero-order valence-corrected chi connectivity index (χ0v) is 8.18. The van der Waals surface area contributed by atoms with Crippen LogP contribution in [0.4, 0.5) is 14.6 Å². The predicted molar refractivity (Wildman–Crippen MR) is 51.0 cm³/mol. The van der Waals surface area contributed by atoms with Gasteiger partial charge in [0.2, 0.25) is 0 Å². The summed E-state index contributed by atoms with van der Waals surface area (Å²) in [7, 11) is 0. The number of carbonyl (C=O) groups is 1. The molecule has 0 spiro atoms. The second kappa shape index (κ2) is 3.99. The highest BCUT2D eigenvalue weighted by molar-refractivity contribution is 5.84. The number of anilines is 1. The third-order valence-corrected chi connectivity index (χ3v) is 2.36. The molecule has 1 aromatic rings. The molecular formula is C9H9F2N3O2. The average Bonchev–Trinajstić information content (AvgIpc) is 2.59. The Morgan fingerprint density at radius 3 is 2.38 bits per heavy atom. The van der Waals surface area contributed by atoms with Crippen molar-refractivity contribution in [1.29, 1.82) is 0 Å². The van der Waals surface area contributed by atoms with Crippen LogP contribution < -0.4 is 4.90 Å². The summed E-state index contributed by atoms with van der Waals surface area (Å²) in [5, 5.41) is 8.59. The fourth-order valence-corrected chi connectivity index (χ4v) is 1.51. The molecule has 0 saturated carbocycles. The van der Waals surface area contributed by atoms with Crippen molar-refractivity contribution in [3.63, 3.8) is 0 Å². The highest BCUT2D eigenvalue weighted by Crippen LogP contribution is 2.21. The molecule has 86 valence electrons. The van der Waals surface area contributed by atoms with Crippen LogP contribution >= 0.6 is 0 Å². The van der Waals surface area contributed by atoms with Crippen LogP contribution in [0.2, 0.25) is 0 Å². The van der Waals surface area contributed by atoms with Crippen molar-refractivity contribution < 1.29 is 18.7 Å². The summed E-state index contributed by atoms with van der Waals surface area (Å²) >= 11 is 0. The van der Waals surface area contributed by atoms with Crippen molar-refractivity contribution in [3.05, 3.63) is 18.1 Å². The maximum Gasteiger partial charge on any atom is 0.356 e. The van der Waals surface area contributed by atoms with Crippen molar-refractivity contribution in [2.45, 2.75) is 12.3 Å². The van der Waals surface area contributed by atoms with Gasteiger partial charge in [0.25, 0.3) is 0 Å². The minimum absolute atomic E-state index is 0.0811. The maximum atomic E-state index is 12.9. The number of halogens is 2. The fourth-order valence-electron chi connectivity index (χ4n) is 1.51. The Hall–Kier alpha value is -1.79. The molecule has 0 unspecified atom stereocenters. The smallest absolute Gasteiger partial charge is 0.356 e. The molecule has 0 amide bonds. The van der Waals surface area contributed by atoms with E-state index in [1.165, 1.54) is 11.1 Å². The molecular weight excluding hydrogens is 220 g/mol.